The van der Waals surface area contributed by atoms with Gasteiger partial charge in [-0.3, -0.25) is 4.79 Å². The van der Waals surface area contributed by atoms with Gasteiger partial charge in [-0.15, -0.1) is 6.58 Å². The fraction of sp³-hybridized carbons (Fsp3) is 0.150. The van der Waals surface area contributed by atoms with Crippen molar-refractivity contribution in [3.8, 4) is 0 Å². The molecule has 166 valence electrons. The van der Waals surface area contributed by atoms with Crippen LogP contribution >= 0.6 is 23.4 Å². The first-order valence-electron chi connectivity index (χ1n) is 9.20. The third-order valence-electron chi connectivity index (χ3n) is 3.90. The molecular formula is C20H19ClN6O3S2. The Morgan fingerprint density at radius 2 is 1.81 bits per heavy atom. The summed E-state index contributed by atoms with van der Waals surface area (Å²) >= 11 is 7.37. The van der Waals surface area contributed by atoms with E-state index >= 15 is 0 Å². The van der Waals surface area contributed by atoms with Crippen molar-refractivity contribution in [2.24, 2.45) is 0 Å². The Morgan fingerprint density at radius 3 is 2.44 bits per heavy atom. The van der Waals surface area contributed by atoms with Gasteiger partial charge in [0.1, 0.15) is 0 Å². The molecular weight excluding hydrogens is 472 g/mol. The van der Waals surface area contributed by atoms with E-state index in [4.69, 9.17) is 11.6 Å². The number of carbonyl (C=O) groups excluding carboxylic acids is 1. The van der Waals surface area contributed by atoms with Gasteiger partial charge in [-0.2, -0.15) is 0 Å². The Bertz CT molecular complexity index is 1250. The lowest BCUT2D eigenvalue weighted by molar-refractivity contribution is 0.102. The zero-order valence-corrected chi connectivity index (χ0v) is 19.6. The van der Waals surface area contributed by atoms with Crippen LogP contribution in [0.1, 0.15) is 21.9 Å². The summed E-state index contributed by atoms with van der Waals surface area (Å²) in [7, 11) is -3.91. The molecule has 9 nitrogen and oxygen atoms in total. The molecule has 32 heavy (non-hydrogen) atoms. The number of thioether (sulfide) groups is 1. The summed E-state index contributed by atoms with van der Waals surface area (Å²) in [4.78, 5) is 29.0. The quantitative estimate of drug-likeness (QED) is 0.277. The zero-order valence-electron chi connectivity index (χ0n) is 17.2. The van der Waals surface area contributed by atoms with Crippen molar-refractivity contribution in [3.63, 3.8) is 0 Å². The third-order valence-corrected chi connectivity index (χ3v) is 6.38. The van der Waals surface area contributed by atoms with E-state index in [0.717, 1.165) is 0 Å². The van der Waals surface area contributed by atoms with Gasteiger partial charge >= 0.3 is 0 Å². The van der Waals surface area contributed by atoms with E-state index in [1.165, 1.54) is 42.2 Å². The van der Waals surface area contributed by atoms with Gasteiger partial charge in [-0.1, -0.05) is 29.4 Å². The number of halogens is 1. The lowest BCUT2D eigenvalue weighted by Crippen LogP contribution is -2.17. The number of aryl methyl sites for hydroxylation is 2. The number of aromatic nitrogens is 4. The van der Waals surface area contributed by atoms with Gasteiger partial charge in [0, 0.05) is 22.8 Å². The van der Waals surface area contributed by atoms with Crippen molar-refractivity contribution in [2.45, 2.75) is 23.9 Å². The van der Waals surface area contributed by atoms with Crippen LogP contribution in [0.5, 0.6) is 0 Å². The molecule has 0 unspecified atom stereocenters. The average Bonchev–Trinajstić information content (AvgIpc) is 2.72. The Labute approximate surface area is 194 Å². The summed E-state index contributed by atoms with van der Waals surface area (Å²) in [5.41, 5.74) is 1.66. The highest BCUT2D eigenvalue weighted by atomic mass is 35.5. The molecule has 0 bridgehead atoms. The Balaban J connectivity index is 1.74. The normalized spacial score (nSPS) is 11.1. The van der Waals surface area contributed by atoms with E-state index in [9.17, 15) is 13.2 Å². The number of hydrogen-bond acceptors (Lipinski definition) is 8. The van der Waals surface area contributed by atoms with Gasteiger partial charge in [-0.25, -0.2) is 33.1 Å². The lowest BCUT2D eigenvalue weighted by atomic mass is 10.3. The first kappa shape index (κ1) is 23.6. The SMILES string of the molecule is C=CCSc1ncc(Cl)c(C(=O)Nc2ccc(S(=O)(=O)Nc3nc(C)cc(C)n3)cc2)n1. The molecule has 2 heterocycles. The predicted octanol–water partition coefficient (Wildman–Crippen LogP) is 3.87. The summed E-state index contributed by atoms with van der Waals surface area (Å²) in [5, 5.41) is 3.13. The Morgan fingerprint density at radius 1 is 1.16 bits per heavy atom. The van der Waals surface area contributed by atoms with Gasteiger partial charge in [-0.05, 0) is 44.2 Å². The van der Waals surface area contributed by atoms with Crippen molar-refractivity contribution in [1.82, 2.24) is 19.9 Å². The molecule has 0 atom stereocenters. The zero-order chi connectivity index (χ0) is 23.3. The van der Waals surface area contributed by atoms with Gasteiger partial charge in [0.15, 0.2) is 10.9 Å². The standard InChI is InChI=1S/C20H19ClN6O3S2/c1-4-9-31-20-22-11-16(21)17(26-20)18(28)25-14-5-7-15(8-6-14)32(29,30)27-19-23-12(2)10-13(3)24-19/h4-8,10-11H,1,9H2,2-3H3,(H,25,28)(H,23,24,27). The van der Waals surface area contributed by atoms with Gasteiger partial charge < -0.3 is 5.32 Å². The number of benzene rings is 1. The molecule has 3 rings (SSSR count). The van der Waals surface area contributed by atoms with Crippen LogP contribution in [0.25, 0.3) is 0 Å². The molecule has 0 aliphatic rings. The maximum atomic E-state index is 12.6. The molecule has 0 spiro atoms. The minimum atomic E-state index is -3.91. The van der Waals surface area contributed by atoms with Gasteiger partial charge in [0.25, 0.3) is 15.9 Å². The molecule has 0 saturated heterocycles. The van der Waals surface area contributed by atoms with Crippen LogP contribution in [-0.4, -0.2) is 40.0 Å². The van der Waals surface area contributed by atoms with Crippen LogP contribution in [0.4, 0.5) is 11.6 Å². The molecule has 12 heteroatoms. The van der Waals surface area contributed by atoms with E-state index in [-0.39, 0.29) is 21.6 Å². The largest absolute Gasteiger partial charge is 0.321 e. The fourth-order valence-electron chi connectivity index (χ4n) is 2.57. The molecule has 0 aliphatic carbocycles. The van der Waals surface area contributed by atoms with E-state index in [0.29, 0.717) is 28.0 Å². The first-order chi connectivity index (χ1) is 15.2. The molecule has 0 fully saturated rings. The van der Waals surface area contributed by atoms with E-state index in [1.807, 2.05) is 0 Å². The highest BCUT2D eigenvalue weighted by Gasteiger charge is 2.18. The topological polar surface area (TPSA) is 127 Å². The molecule has 1 aromatic carbocycles. The highest BCUT2D eigenvalue weighted by Crippen LogP contribution is 2.21. The number of anilines is 2. The predicted molar refractivity (Wildman–Crippen MR) is 125 cm³/mol. The number of amides is 1. The van der Waals surface area contributed by atoms with Crippen LogP contribution in [0.3, 0.4) is 0 Å². The first-order valence-corrected chi connectivity index (χ1v) is 12.1. The van der Waals surface area contributed by atoms with Crippen molar-refractivity contribution >= 4 is 50.9 Å². The maximum absolute atomic E-state index is 12.6. The number of carbonyl (C=O) groups is 1. The molecule has 1 amide bonds. The Hall–Kier alpha value is -3.02. The second-order valence-electron chi connectivity index (χ2n) is 6.51. The van der Waals surface area contributed by atoms with Crippen molar-refractivity contribution in [1.29, 1.82) is 0 Å². The minimum absolute atomic E-state index is 0.0107. The number of hydrogen-bond donors (Lipinski definition) is 2. The smallest absolute Gasteiger partial charge is 0.275 e. The van der Waals surface area contributed by atoms with Crippen LogP contribution < -0.4 is 10.0 Å². The Kier molecular flexibility index (Phi) is 7.44. The molecule has 0 radical (unpaired) electrons. The molecule has 2 aromatic heterocycles. The van der Waals surface area contributed by atoms with Crippen LogP contribution in [0, 0.1) is 13.8 Å². The van der Waals surface area contributed by atoms with Gasteiger partial charge in [0.2, 0.25) is 5.95 Å². The summed E-state index contributed by atoms with van der Waals surface area (Å²) in [6.07, 6.45) is 3.05. The van der Waals surface area contributed by atoms with E-state index in [1.54, 1.807) is 26.0 Å². The van der Waals surface area contributed by atoms with Crippen molar-refractivity contribution in [2.75, 3.05) is 15.8 Å². The van der Waals surface area contributed by atoms with Crippen LogP contribution in [0.2, 0.25) is 5.02 Å². The van der Waals surface area contributed by atoms with Gasteiger partial charge in [0.05, 0.1) is 16.1 Å². The van der Waals surface area contributed by atoms with Crippen molar-refractivity contribution in [3.05, 3.63) is 71.3 Å². The third kappa shape index (κ3) is 6.02. The number of nitrogens with zero attached hydrogens (tertiary/aromatic N) is 4. The van der Waals surface area contributed by atoms with Crippen LogP contribution in [-0.2, 0) is 10.0 Å². The van der Waals surface area contributed by atoms with E-state index < -0.39 is 15.9 Å². The molecule has 0 aliphatic heterocycles. The monoisotopic (exact) mass is 490 g/mol. The molecule has 3 aromatic rings. The minimum Gasteiger partial charge on any atom is -0.321 e. The summed E-state index contributed by atoms with van der Waals surface area (Å²) in [5.74, 6) is 0.0263. The highest BCUT2D eigenvalue weighted by molar-refractivity contribution is 7.99. The number of sulfonamides is 1. The van der Waals surface area contributed by atoms with Crippen LogP contribution in [0.15, 0.2) is 59.2 Å². The summed E-state index contributed by atoms with van der Waals surface area (Å²) in [6.45, 7) is 7.12. The average molecular weight is 491 g/mol. The summed E-state index contributed by atoms with van der Waals surface area (Å²) < 4.78 is 27.6. The number of rotatable bonds is 8. The lowest BCUT2D eigenvalue weighted by Gasteiger charge is -2.10. The van der Waals surface area contributed by atoms with E-state index in [2.05, 4.69) is 36.6 Å². The molecule has 0 saturated carbocycles. The maximum Gasteiger partial charge on any atom is 0.275 e. The molecule has 2 N–H and O–H groups in total. The second-order valence-corrected chi connectivity index (χ2v) is 9.58. The summed E-state index contributed by atoms with van der Waals surface area (Å²) in [6, 6.07) is 7.36. The van der Waals surface area contributed by atoms with Crippen molar-refractivity contribution < 1.29 is 13.2 Å². The second kappa shape index (κ2) is 10.1. The number of nitrogens with one attached hydrogen (secondary N) is 2. The fourth-order valence-corrected chi connectivity index (χ4v) is 4.24.